The highest BCUT2D eigenvalue weighted by molar-refractivity contribution is 6.33. The van der Waals surface area contributed by atoms with Gasteiger partial charge in [-0.05, 0) is 19.4 Å². The average Bonchev–Trinajstić information content (AvgIpc) is 2.41. The van der Waals surface area contributed by atoms with Crippen molar-refractivity contribution in [1.29, 1.82) is 0 Å². The first-order chi connectivity index (χ1) is 10.1. The van der Waals surface area contributed by atoms with E-state index in [1.165, 1.54) is 6.92 Å². The maximum Gasteiger partial charge on any atom is 0.387 e. The van der Waals surface area contributed by atoms with Crippen LogP contribution in [0.5, 0.6) is 5.75 Å². The monoisotopic (exact) mass is 336 g/mol. The van der Waals surface area contributed by atoms with Crippen molar-refractivity contribution < 1.29 is 28.2 Å². The van der Waals surface area contributed by atoms with Gasteiger partial charge in [0.15, 0.2) is 0 Å². The Balaban J connectivity index is 3.21. The number of hydrogen-bond acceptors (Lipinski definition) is 4. The van der Waals surface area contributed by atoms with Crippen molar-refractivity contribution in [1.82, 2.24) is 5.32 Å². The molecule has 9 heteroatoms. The van der Waals surface area contributed by atoms with Crippen LogP contribution in [0.2, 0.25) is 5.02 Å². The van der Waals surface area contributed by atoms with Crippen molar-refractivity contribution >= 4 is 29.2 Å². The number of aliphatic carboxylic acids is 1. The minimum atomic E-state index is -3.18. The predicted octanol–water partition coefficient (Wildman–Crippen LogP) is 2.51. The number of carbonyl (C=O) groups is 2. The number of amides is 1. The van der Waals surface area contributed by atoms with Crippen LogP contribution in [0.4, 0.5) is 14.5 Å². The second-order valence-electron chi connectivity index (χ2n) is 4.69. The average molecular weight is 337 g/mol. The molecule has 1 atom stereocenters. The second-order valence-corrected chi connectivity index (χ2v) is 5.10. The number of nitrogen functional groups attached to an aromatic ring is 1. The number of rotatable bonds is 6. The standard InChI is InChI=1S/C13H15ClF2N2O4/c1-3-13(2,11(20)21)18-10(19)6-4-7(14)8(17)5-9(6)22-12(15)16/h4-5,12H,3,17H2,1-2H3,(H,18,19)(H,20,21)/t13-/m1/s1. The van der Waals surface area contributed by atoms with Crippen molar-refractivity contribution in [3.8, 4) is 5.75 Å². The molecule has 0 radical (unpaired) electrons. The smallest absolute Gasteiger partial charge is 0.387 e. The lowest BCUT2D eigenvalue weighted by Crippen LogP contribution is -2.51. The second kappa shape index (κ2) is 6.78. The van der Waals surface area contributed by atoms with E-state index < -0.39 is 29.8 Å². The zero-order valence-electron chi connectivity index (χ0n) is 11.8. The number of carbonyl (C=O) groups excluding carboxylic acids is 1. The Bertz CT molecular complexity index is 598. The first kappa shape index (κ1) is 18.0. The maximum absolute atomic E-state index is 12.4. The highest BCUT2D eigenvalue weighted by atomic mass is 35.5. The fourth-order valence-electron chi connectivity index (χ4n) is 1.55. The summed E-state index contributed by atoms with van der Waals surface area (Å²) in [6, 6.07) is 2.02. The first-order valence-corrected chi connectivity index (χ1v) is 6.58. The fourth-order valence-corrected chi connectivity index (χ4v) is 1.71. The van der Waals surface area contributed by atoms with E-state index in [1.54, 1.807) is 6.92 Å². The van der Waals surface area contributed by atoms with E-state index >= 15 is 0 Å². The molecule has 0 aliphatic heterocycles. The molecular weight excluding hydrogens is 322 g/mol. The van der Waals surface area contributed by atoms with E-state index in [2.05, 4.69) is 10.1 Å². The van der Waals surface area contributed by atoms with Gasteiger partial charge in [0.1, 0.15) is 11.3 Å². The number of anilines is 1. The molecule has 1 aromatic rings. The van der Waals surface area contributed by atoms with Gasteiger partial charge in [0, 0.05) is 6.07 Å². The Labute approximate surface area is 130 Å². The number of hydrogen-bond donors (Lipinski definition) is 3. The Kier molecular flexibility index (Phi) is 5.54. The summed E-state index contributed by atoms with van der Waals surface area (Å²) in [5.41, 5.74) is 3.54. The van der Waals surface area contributed by atoms with Crippen LogP contribution in [0.3, 0.4) is 0 Å². The predicted molar refractivity (Wildman–Crippen MR) is 76.3 cm³/mol. The zero-order chi connectivity index (χ0) is 17.1. The summed E-state index contributed by atoms with van der Waals surface area (Å²) >= 11 is 5.77. The van der Waals surface area contributed by atoms with Gasteiger partial charge >= 0.3 is 12.6 Å². The largest absolute Gasteiger partial charge is 0.480 e. The molecule has 0 bridgehead atoms. The van der Waals surface area contributed by atoms with E-state index in [0.29, 0.717) is 0 Å². The number of nitrogens with one attached hydrogen (secondary N) is 1. The topological polar surface area (TPSA) is 102 Å². The molecule has 0 aliphatic rings. The fraction of sp³-hybridized carbons (Fsp3) is 0.385. The molecule has 122 valence electrons. The van der Waals surface area contributed by atoms with Crippen LogP contribution < -0.4 is 15.8 Å². The zero-order valence-corrected chi connectivity index (χ0v) is 12.6. The quantitative estimate of drug-likeness (QED) is 0.693. The molecule has 1 aromatic carbocycles. The van der Waals surface area contributed by atoms with Crippen LogP contribution in [0, 0.1) is 0 Å². The highest BCUT2D eigenvalue weighted by Gasteiger charge is 2.34. The van der Waals surface area contributed by atoms with Gasteiger partial charge in [0.25, 0.3) is 5.91 Å². The molecule has 0 fully saturated rings. The minimum Gasteiger partial charge on any atom is -0.480 e. The van der Waals surface area contributed by atoms with Gasteiger partial charge < -0.3 is 20.9 Å². The van der Waals surface area contributed by atoms with Crippen LogP contribution >= 0.6 is 11.6 Å². The Morgan fingerprint density at radius 3 is 2.55 bits per heavy atom. The van der Waals surface area contributed by atoms with Gasteiger partial charge in [0.05, 0.1) is 16.3 Å². The molecule has 22 heavy (non-hydrogen) atoms. The third-order valence-corrected chi connectivity index (χ3v) is 3.46. The van der Waals surface area contributed by atoms with Crippen LogP contribution in [0.15, 0.2) is 12.1 Å². The normalized spacial score (nSPS) is 13.5. The number of halogens is 3. The van der Waals surface area contributed by atoms with Crippen LogP contribution in [0.25, 0.3) is 0 Å². The van der Waals surface area contributed by atoms with Gasteiger partial charge in [-0.2, -0.15) is 8.78 Å². The van der Waals surface area contributed by atoms with Gasteiger partial charge in [-0.25, -0.2) is 4.79 Å². The maximum atomic E-state index is 12.4. The molecule has 6 nitrogen and oxygen atoms in total. The molecule has 1 rings (SSSR count). The summed E-state index contributed by atoms with van der Waals surface area (Å²) in [6.07, 6.45) is 0.0851. The van der Waals surface area contributed by atoms with Gasteiger partial charge in [-0.3, -0.25) is 4.79 Å². The lowest BCUT2D eigenvalue weighted by Gasteiger charge is -2.25. The van der Waals surface area contributed by atoms with Crippen molar-refractivity contribution in [3.63, 3.8) is 0 Å². The first-order valence-electron chi connectivity index (χ1n) is 6.20. The van der Waals surface area contributed by atoms with E-state index in [-0.39, 0.29) is 22.7 Å². The summed E-state index contributed by atoms with van der Waals surface area (Å²) in [7, 11) is 0. The molecule has 0 spiro atoms. The minimum absolute atomic E-state index is 0.0414. The van der Waals surface area contributed by atoms with Gasteiger partial charge in [-0.1, -0.05) is 18.5 Å². The molecule has 0 heterocycles. The molecule has 4 N–H and O–H groups in total. The third kappa shape index (κ3) is 3.97. The summed E-state index contributed by atoms with van der Waals surface area (Å²) < 4.78 is 29.0. The molecule has 0 saturated heterocycles. The lowest BCUT2D eigenvalue weighted by atomic mass is 9.98. The number of nitrogens with two attached hydrogens (primary N) is 1. The van der Waals surface area contributed by atoms with Crippen LogP contribution in [-0.2, 0) is 4.79 Å². The van der Waals surface area contributed by atoms with E-state index in [0.717, 1.165) is 12.1 Å². The van der Waals surface area contributed by atoms with Crippen LogP contribution in [-0.4, -0.2) is 29.1 Å². The number of carboxylic acid groups (broad SMARTS) is 1. The number of alkyl halides is 2. The number of benzene rings is 1. The van der Waals surface area contributed by atoms with Crippen molar-refractivity contribution in [3.05, 3.63) is 22.7 Å². The summed E-state index contributed by atoms with van der Waals surface area (Å²) in [6.45, 7) is -0.329. The van der Waals surface area contributed by atoms with Crippen molar-refractivity contribution in [2.75, 3.05) is 5.73 Å². The molecule has 0 unspecified atom stereocenters. The number of ether oxygens (including phenoxy) is 1. The van der Waals surface area contributed by atoms with Crippen molar-refractivity contribution in [2.24, 2.45) is 0 Å². The Morgan fingerprint density at radius 2 is 2.09 bits per heavy atom. The molecular formula is C13H15ClF2N2O4. The summed E-state index contributed by atoms with van der Waals surface area (Å²) in [5.74, 6) is -2.66. The highest BCUT2D eigenvalue weighted by Crippen LogP contribution is 2.30. The van der Waals surface area contributed by atoms with E-state index in [4.69, 9.17) is 22.4 Å². The van der Waals surface area contributed by atoms with Gasteiger partial charge in [0.2, 0.25) is 0 Å². The summed E-state index contributed by atoms with van der Waals surface area (Å²) in [5, 5.41) is 11.3. The molecule has 1 amide bonds. The Hall–Kier alpha value is -2.09. The summed E-state index contributed by atoms with van der Waals surface area (Å²) in [4.78, 5) is 23.4. The number of carboxylic acids is 1. The van der Waals surface area contributed by atoms with Crippen molar-refractivity contribution in [2.45, 2.75) is 32.4 Å². The van der Waals surface area contributed by atoms with E-state index in [9.17, 15) is 18.4 Å². The Morgan fingerprint density at radius 1 is 1.50 bits per heavy atom. The molecule has 0 aromatic heterocycles. The van der Waals surface area contributed by atoms with Crippen LogP contribution in [0.1, 0.15) is 30.6 Å². The SMILES string of the molecule is CC[C@@](C)(NC(=O)c1cc(Cl)c(N)cc1OC(F)F)C(=O)O. The molecule has 0 aliphatic carbocycles. The van der Waals surface area contributed by atoms with Gasteiger partial charge in [-0.15, -0.1) is 0 Å². The molecule has 0 saturated carbocycles. The lowest BCUT2D eigenvalue weighted by molar-refractivity contribution is -0.143. The third-order valence-electron chi connectivity index (χ3n) is 3.13. The van der Waals surface area contributed by atoms with E-state index in [1.807, 2.05) is 0 Å².